The Bertz CT molecular complexity index is 1150. The smallest absolute Gasteiger partial charge is 0.455 e. The van der Waals surface area contributed by atoms with E-state index in [1.807, 2.05) is 19.9 Å². The number of allylic oxidation sites excluding steroid dienone is 2. The molecule has 8 nitrogen and oxygen atoms in total. The van der Waals surface area contributed by atoms with Crippen molar-refractivity contribution >= 4 is 31.1 Å². The van der Waals surface area contributed by atoms with Crippen molar-refractivity contribution in [3.8, 4) is 5.75 Å². The molecule has 10 heteroatoms. The van der Waals surface area contributed by atoms with Crippen LogP contribution in [-0.2, 0) is 19.0 Å². The molecule has 1 aromatic carbocycles. The molecule has 0 radical (unpaired) electrons. The van der Waals surface area contributed by atoms with Gasteiger partial charge in [-0.25, -0.2) is 9.18 Å². The number of phenolic OH excluding ortho intramolecular Hbond substituents is 1. The Morgan fingerprint density at radius 3 is 2.68 bits per heavy atom. The van der Waals surface area contributed by atoms with Gasteiger partial charge in [-0.1, -0.05) is 43.6 Å². The minimum absolute atomic E-state index is 0.178. The monoisotopic (exact) mass is 513 g/mol. The second kappa shape index (κ2) is 11.2. The molecule has 198 valence electrons. The number of fused-ring (bicyclic) bond motifs is 3. The van der Waals surface area contributed by atoms with Crippen LogP contribution in [0.15, 0.2) is 34.9 Å². The fraction of sp³-hybridized carbons (Fsp3) is 0.519. The minimum Gasteiger partial charge on any atom is -0.505 e. The first-order chi connectivity index (χ1) is 17.7. The number of hydrogen-bond donors (Lipinski definition) is 2. The Hall–Kier alpha value is -2.98. The molecule has 4 atom stereocenters. The number of ether oxygens (including phenoxy) is 1. The van der Waals surface area contributed by atoms with Crippen LogP contribution < -0.4 is 0 Å². The minimum atomic E-state index is -1.10. The maximum absolute atomic E-state index is 13.8. The number of rotatable bonds is 7. The third kappa shape index (κ3) is 5.22. The van der Waals surface area contributed by atoms with Gasteiger partial charge >= 0.3 is 13.2 Å². The van der Waals surface area contributed by atoms with Crippen molar-refractivity contribution in [3.63, 3.8) is 0 Å². The summed E-state index contributed by atoms with van der Waals surface area (Å²) in [6.45, 7) is 4.04. The van der Waals surface area contributed by atoms with Gasteiger partial charge in [0.1, 0.15) is 0 Å². The highest BCUT2D eigenvalue weighted by Gasteiger charge is 2.59. The molecule has 0 bridgehead atoms. The number of phenols is 1. The molecule has 1 aliphatic carbocycles. The number of likely N-dealkylation sites (tertiary alicyclic amines) is 1. The van der Waals surface area contributed by atoms with E-state index in [1.54, 1.807) is 6.07 Å². The number of aromatic hydroxyl groups is 1. The molecule has 2 heterocycles. The predicted octanol–water partition coefficient (Wildman–Crippen LogP) is 4.47. The maximum atomic E-state index is 13.8. The van der Waals surface area contributed by atoms with Crippen molar-refractivity contribution in [2.75, 3.05) is 7.11 Å². The predicted molar refractivity (Wildman–Crippen MR) is 134 cm³/mol. The number of amides is 3. The van der Waals surface area contributed by atoms with Crippen LogP contribution in [0.3, 0.4) is 0 Å². The Balaban J connectivity index is 1.62. The summed E-state index contributed by atoms with van der Waals surface area (Å²) in [4.78, 5) is 39.1. The SMILES string of the molecule is CCCC1=C2[C@@H](CC/C(=C/c3ccc(O)c(F)c3)CC)OB(O)C[C@@H]2[C@@H]2C(=O)N(C(=O)OC)C(=O)[C@@H]2C1. The maximum Gasteiger partial charge on any atom is 0.455 e. The molecule has 3 amide bonds. The third-order valence-corrected chi connectivity index (χ3v) is 7.74. The van der Waals surface area contributed by atoms with Gasteiger partial charge in [-0.2, -0.15) is 4.90 Å². The third-order valence-electron chi connectivity index (χ3n) is 7.74. The fourth-order valence-corrected chi connectivity index (χ4v) is 6.09. The van der Waals surface area contributed by atoms with Gasteiger partial charge in [-0.3, -0.25) is 9.59 Å². The summed E-state index contributed by atoms with van der Waals surface area (Å²) in [6.07, 6.45) is 4.45. The van der Waals surface area contributed by atoms with Gasteiger partial charge in [0.2, 0.25) is 11.8 Å². The first-order valence-electron chi connectivity index (χ1n) is 12.9. The first-order valence-corrected chi connectivity index (χ1v) is 12.9. The number of halogens is 1. The molecule has 1 aromatic rings. The van der Waals surface area contributed by atoms with E-state index < -0.39 is 60.5 Å². The lowest BCUT2D eigenvalue weighted by atomic mass is 9.58. The second-order valence-corrected chi connectivity index (χ2v) is 9.95. The molecule has 0 unspecified atom stereocenters. The summed E-state index contributed by atoms with van der Waals surface area (Å²) < 4.78 is 24.5. The second-order valence-electron chi connectivity index (χ2n) is 9.95. The summed E-state index contributed by atoms with van der Waals surface area (Å²) in [5.41, 5.74) is 3.70. The van der Waals surface area contributed by atoms with Crippen LogP contribution in [0.5, 0.6) is 5.75 Å². The van der Waals surface area contributed by atoms with Crippen LogP contribution in [0.1, 0.15) is 57.9 Å². The summed E-state index contributed by atoms with van der Waals surface area (Å²) in [5.74, 6) is -3.98. The van der Waals surface area contributed by atoms with Crippen LogP contribution in [0.4, 0.5) is 9.18 Å². The zero-order valence-corrected chi connectivity index (χ0v) is 21.4. The zero-order chi connectivity index (χ0) is 26.9. The van der Waals surface area contributed by atoms with Gasteiger partial charge in [0.25, 0.3) is 0 Å². The molecule has 0 aromatic heterocycles. The van der Waals surface area contributed by atoms with Crippen molar-refractivity contribution in [1.29, 1.82) is 0 Å². The number of carbonyl (C=O) groups is 3. The summed E-state index contributed by atoms with van der Waals surface area (Å²) >= 11 is 0. The van der Waals surface area contributed by atoms with E-state index in [4.69, 9.17) is 4.65 Å². The lowest BCUT2D eigenvalue weighted by Crippen LogP contribution is -2.46. The van der Waals surface area contributed by atoms with Crippen molar-refractivity contribution < 1.29 is 38.3 Å². The summed E-state index contributed by atoms with van der Waals surface area (Å²) in [7, 11) is 0.0344. The number of hydrogen-bond acceptors (Lipinski definition) is 7. The zero-order valence-electron chi connectivity index (χ0n) is 21.4. The first kappa shape index (κ1) is 27.1. The lowest BCUT2D eigenvalue weighted by Gasteiger charge is -2.43. The highest BCUT2D eigenvalue weighted by molar-refractivity contribution is 6.43. The molecular formula is C27H33BFNO7. The Morgan fingerprint density at radius 2 is 2.03 bits per heavy atom. The van der Waals surface area contributed by atoms with Gasteiger partial charge in [0, 0.05) is 0 Å². The van der Waals surface area contributed by atoms with Gasteiger partial charge in [-0.05, 0) is 67.6 Å². The molecular weight excluding hydrogens is 480 g/mol. The van der Waals surface area contributed by atoms with Crippen LogP contribution >= 0.6 is 0 Å². The molecule has 4 rings (SSSR count). The highest BCUT2D eigenvalue weighted by atomic mass is 19.1. The van der Waals surface area contributed by atoms with Crippen molar-refractivity contribution in [1.82, 2.24) is 4.90 Å². The Labute approximate surface area is 216 Å². The molecule has 0 saturated carbocycles. The molecule has 3 aliphatic rings. The molecule has 37 heavy (non-hydrogen) atoms. The molecule has 2 N–H and O–H groups in total. The van der Waals surface area contributed by atoms with Crippen LogP contribution in [0.2, 0.25) is 6.32 Å². The molecule has 2 aliphatic heterocycles. The fourth-order valence-electron chi connectivity index (χ4n) is 6.09. The van der Waals surface area contributed by atoms with Gasteiger partial charge in [0.05, 0.1) is 25.0 Å². The van der Waals surface area contributed by atoms with Crippen LogP contribution in [-0.4, -0.2) is 53.3 Å². The van der Waals surface area contributed by atoms with E-state index in [1.165, 1.54) is 12.1 Å². The van der Waals surface area contributed by atoms with Crippen molar-refractivity contribution in [2.45, 2.75) is 64.8 Å². The van der Waals surface area contributed by atoms with E-state index in [9.17, 15) is 28.9 Å². The van der Waals surface area contributed by atoms with Gasteiger partial charge in [0.15, 0.2) is 11.6 Å². The topological polar surface area (TPSA) is 113 Å². The van der Waals surface area contributed by atoms with Gasteiger partial charge in [-0.15, -0.1) is 0 Å². The largest absolute Gasteiger partial charge is 0.505 e. The Kier molecular flexibility index (Phi) is 8.18. The average Bonchev–Trinajstić information content (AvgIpc) is 3.12. The normalized spacial score (nSPS) is 25.9. The van der Waals surface area contributed by atoms with Crippen LogP contribution in [0.25, 0.3) is 6.08 Å². The average molecular weight is 513 g/mol. The van der Waals surface area contributed by atoms with E-state index >= 15 is 0 Å². The molecule has 2 saturated heterocycles. The van der Waals surface area contributed by atoms with E-state index in [-0.39, 0.29) is 6.32 Å². The highest BCUT2D eigenvalue weighted by Crippen LogP contribution is 2.51. The summed E-state index contributed by atoms with van der Waals surface area (Å²) in [6, 6.07) is 4.24. The number of nitrogens with zero attached hydrogens (tertiary/aromatic N) is 1. The van der Waals surface area contributed by atoms with Gasteiger partial charge < -0.3 is 19.5 Å². The van der Waals surface area contributed by atoms with Crippen molar-refractivity contribution in [3.05, 3.63) is 46.3 Å². The van der Waals surface area contributed by atoms with Crippen molar-refractivity contribution in [2.24, 2.45) is 17.8 Å². The number of imide groups is 3. The van der Waals surface area contributed by atoms with Crippen LogP contribution in [0, 0.1) is 23.6 Å². The number of methoxy groups -OCH3 is 1. The van der Waals surface area contributed by atoms with E-state index in [0.29, 0.717) is 36.1 Å². The standard InChI is InChI=1S/C27H33BFNO7/c1-4-6-17-13-18-24(26(33)30(25(18)32)27(34)36-3)19-14-28(35)37-22(23(17)19)10-8-15(5-2)11-16-7-9-21(31)20(29)12-16/h7,9,11-12,18-19,22,24,31,35H,4-6,8,10,13-14H2,1-3H3/b15-11+/t18-,19+,22-,24-/m1/s1. The quantitative estimate of drug-likeness (QED) is 0.314. The Morgan fingerprint density at radius 1 is 1.27 bits per heavy atom. The van der Waals surface area contributed by atoms with E-state index in [2.05, 4.69) is 4.74 Å². The molecule has 2 fully saturated rings. The summed E-state index contributed by atoms with van der Waals surface area (Å²) in [5, 5.41) is 20.1. The number of carbonyl (C=O) groups excluding carboxylic acids is 3. The number of benzene rings is 1. The van der Waals surface area contributed by atoms with E-state index in [0.717, 1.165) is 36.7 Å². The lowest BCUT2D eigenvalue weighted by molar-refractivity contribution is -0.137. The molecule has 0 spiro atoms.